The largest absolute Gasteiger partial charge is 0.497 e. The Kier molecular flexibility index (Phi) is 6.84. The number of carbonyl (C=O) groups excluding carboxylic acids is 2. The molecule has 0 radical (unpaired) electrons. The van der Waals surface area contributed by atoms with Crippen LogP contribution < -0.4 is 4.74 Å². The van der Waals surface area contributed by atoms with E-state index in [1.54, 1.807) is 7.11 Å². The molecule has 1 aromatic heterocycles. The van der Waals surface area contributed by atoms with Crippen molar-refractivity contribution in [2.24, 2.45) is 0 Å². The summed E-state index contributed by atoms with van der Waals surface area (Å²) in [7, 11) is 1.62. The Balaban J connectivity index is 1.23. The molecule has 32 heavy (non-hydrogen) atoms. The number of hydrogen-bond acceptors (Lipinski definition) is 4. The Labute approximate surface area is 188 Å². The van der Waals surface area contributed by atoms with Crippen LogP contribution in [-0.2, 0) is 22.4 Å². The van der Waals surface area contributed by atoms with Gasteiger partial charge in [-0.05, 0) is 41.8 Å². The first-order chi connectivity index (χ1) is 15.6. The minimum atomic E-state index is 0.0821. The summed E-state index contributed by atoms with van der Waals surface area (Å²) in [5.41, 5.74) is 2.97. The zero-order chi connectivity index (χ0) is 22.3. The Morgan fingerprint density at radius 1 is 0.906 bits per heavy atom. The zero-order valence-corrected chi connectivity index (χ0v) is 18.3. The molecule has 1 aliphatic heterocycles. The average molecular weight is 433 g/mol. The molecule has 0 unspecified atom stereocenters. The number of rotatable bonds is 7. The third-order valence-electron chi connectivity index (χ3n) is 5.76. The zero-order valence-electron chi connectivity index (χ0n) is 18.3. The van der Waals surface area contributed by atoms with E-state index < -0.39 is 0 Å². The summed E-state index contributed by atoms with van der Waals surface area (Å²) in [6.07, 6.45) is 5.22. The molecule has 0 bridgehead atoms. The number of para-hydroxylation sites is 1. The van der Waals surface area contributed by atoms with Crippen LogP contribution in [0, 0.1) is 0 Å². The number of amides is 2. The molecule has 3 aromatic rings. The number of ether oxygens (including phenoxy) is 1. The van der Waals surface area contributed by atoms with Crippen LogP contribution in [0.3, 0.4) is 0 Å². The lowest BCUT2D eigenvalue weighted by molar-refractivity contribution is -0.139. The second-order valence-corrected chi connectivity index (χ2v) is 7.92. The highest BCUT2D eigenvalue weighted by atomic mass is 16.5. The van der Waals surface area contributed by atoms with Crippen molar-refractivity contribution in [3.63, 3.8) is 0 Å². The van der Waals surface area contributed by atoms with Gasteiger partial charge in [-0.1, -0.05) is 30.3 Å². The Morgan fingerprint density at radius 3 is 2.34 bits per heavy atom. The molecule has 166 valence electrons. The predicted molar refractivity (Wildman–Crippen MR) is 122 cm³/mol. The maximum atomic E-state index is 12.7. The molecule has 0 aliphatic carbocycles. The molecule has 1 saturated heterocycles. The van der Waals surface area contributed by atoms with Crippen molar-refractivity contribution in [1.29, 1.82) is 0 Å². The van der Waals surface area contributed by atoms with Gasteiger partial charge < -0.3 is 14.5 Å². The van der Waals surface area contributed by atoms with Gasteiger partial charge in [-0.25, -0.2) is 4.68 Å². The number of aromatic nitrogens is 2. The lowest BCUT2D eigenvalue weighted by Gasteiger charge is -2.35. The lowest BCUT2D eigenvalue weighted by Crippen LogP contribution is -2.51. The Bertz CT molecular complexity index is 1060. The predicted octanol–water partition coefficient (Wildman–Crippen LogP) is 2.73. The van der Waals surface area contributed by atoms with Gasteiger partial charge in [-0.3, -0.25) is 9.59 Å². The normalized spacial score (nSPS) is 13.8. The van der Waals surface area contributed by atoms with E-state index in [1.807, 2.05) is 81.5 Å². The van der Waals surface area contributed by atoms with Crippen LogP contribution in [0.1, 0.15) is 17.5 Å². The van der Waals surface area contributed by atoms with Gasteiger partial charge in [-0.2, -0.15) is 5.10 Å². The molecule has 2 aromatic carbocycles. The van der Waals surface area contributed by atoms with Crippen LogP contribution in [0.25, 0.3) is 5.69 Å². The summed E-state index contributed by atoms with van der Waals surface area (Å²) in [4.78, 5) is 29.0. The van der Waals surface area contributed by atoms with Crippen LogP contribution in [0.15, 0.2) is 67.0 Å². The third-order valence-corrected chi connectivity index (χ3v) is 5.76. The molecule has 2 heterocycles. The van der Waals surface area contributed by atoms with Gasteiger partial charge in [0.15, 0.2) is 0 Å². The van der Waals surface area contributed by atoms with Gasteiger partial charge in [0.2, 0.25) is 11.8 Å². The van der Waals surface area contributed by atoms with E-state index >= 15 is 0 Å². The number of piperazine rings is 1. The van der Waals surface area contributed by atoms with Crippen molar-refractivity contribution < 1.29 is 14.3 Å². The van der Waals surface area contributed by atoms with Crippen LogP contribution in [0.4, 0.5) is 0 Å². The highest BCUT2D eigenvalue weighted by molar-refractivity contribution is 5.80. The monoisotopic (exact) mass is 432 g/mol. The number of methoxy groups -OCH3 is 1. The summed E-state index contributed by atoms with van der Waals surface area (Å²) in [5.74, 6) is 0.955. The van der Waals surface area contributed by atoms with Crippen molar-refractivity contribution in [1.82, 2.24) is 19.6 Å². The highest BCUT2D eigenvalue weighted by Crippen LogP contribution is 2.15. The van der Waals surface area contributed by atoms with Crippen LogP contribution >= 0.6 is 0 Å². The first kappa shape index (κ1) is 21.6. The fourth-order valence-electron chi connectivity index (χ4n) is 3.89. The minimum Gasteiger partial charge on any atom is -0.497 e. The topological polar surface area (TPSA) is 67.7 Å². The number of nitrogens with zero attached hydrogens (tertiary/aromatic N) is 4. The molecule has 2 amide bonds. The van der Waals surface area contributed by atoms with Gasteiger partial charge in [0.1, 0.15) is 5.75 Å². The number of aryl methyl sites for hydroxylation is 1. The standard InChI is InChI=1S/C25H28N4O3/c1-32-23-9-5-6-20(16-23)17-25(31)28-14-12-27(13-15-28)24(30)11-10-21-18-26-29(19-21)22-7-3-2-4-8-22/h2-9,16,18-19H,10-15,17H2,1H3. The molecular weight excluding hydrogens is 404 g/mol. The summed E-state index contributed by atoms with van der Waals surface area (Å²) < 4.78 is 7.05. The number of benzene rings is 2. The molecule has 4 rings (SSSR count). The molecule has 0 atom stereocenters. The second-order valence-electron chi connectivity index (χ2n) is 7.92. The smallest absolute Gasteiger partial charge is 0.227 e. The van der Waals surface area contributed by atoms with Crippen molar-refractivity contribution in [3.8, 4) is 11.4 Å². The van der Waals surface area contributed by atoms with E-state index in [9.17, 15) is 9.59 Å². The fourth-order valence-corrected chi connectivity index (χ4v) is 3.89. The van der Waals surface area contributed by atoms with Gasteiger partial charge >= 0.3 is 0 Å². The molecular formula is C25H28N4O3. The summed E-state index contributed by atoms with van der Waals surface area (Å²) in [6.45, 7) is 2.29. The number of carbonyl (C=O) groups is 2. The van der Waals surface area contributed by atoms with E-state index in [0.29, 0.717) is 45.4 Å². The molecule has 1 fully saturated rings. The van der Waals surface area contributed by atoms with Crippen molar-refractivity contribution in [2.45, 2.75) is 19.3 Å². The first-order valence-corrected chi connectivity index (χ1v) is 10.9. The Hall–Kier alpha value is -3.61. The summed E-state index contributed by atoms with van der Waals surface area (Å²) in [5, 5.41) is 4.39. The van der Waals surface area contributed by atoms with Crippen LogP contribution in [-0.4, -0.2) is 64.7 Å². The van der Waals surface area contributed by atoms with Gasteiger partial charge in [0.25, 0.3) is 0 Å². The Morgan fingerprint density at radius 2 is 1.62 bits per heavy atom. The molecule has 0 spiro atoms. The molecule has 1 aliphatic rings. The quantitative estimate of drug-likeness (QED) is 0.576. The summed E-state index contributed by atoms with van der Waals surface area (Å²) >= 11 is 0. The molecule has 0 saturated carbocycles. The maximum Gasteiger partial charge on any atom is 0.227 e. The highest BCUT2D eigenvalue weighted by Gasteiger charge is 2.24. The van der Waals surface area contributed by atoms with E-state index in [1.165, 1.54) is 0 Å². The van der Waals surface area contributed by atoms with E-state index in [-0.39, 0.29) is 11.8 Å². The molecule has 0 N–H and O–H groups in total. The molecule has 7 heteroatoms. The van der Waals surface area contributed by atoms with Gasteiger partial charge in [0.05, 0.1) is 25.4 Å². The van der Waals surface area contributed by atoms with E-state index in [0.717, 1.165) is 22.6 Å². The van der Waals surface area contributed by atoms with E-state index in [4.69, 9.17) is 4.74 Å². The van der Waals surface area contributed by atoms with Crippen molar-refractivity contribution in [2.75, 3.05) is 33.3 Å². The maximum absolute atomic E-state index is 12.7. The van der Waals surface area contributed by atoms with E-state index in [2.05, 4.69) is 5.10 Å². The number of hydrogen-bond donors (Lipinski definition) is 0. The summed E-state index contributed by atoms with van der Waals surface area (Å²) in [6, 6.07) is 17.5. The minimum absolute atomic E-state index is 0.0821. The fraction of sp³-hybridized carbons (Fsp3) is 0.320. The second kappa shape index (κ2) is 10.1. The SMILES string of the molecule is COc1cccc(CC(=O)N2CCN(C(=O)CCc3cnn(-c4ccccc4)c3)CC2)c1. The van der Waals surface area contributed by atoms with Crippen LogP contribution in [0.5, 0.6) is 5.75 Å². The van der Waals surface area contributed by atoms with Gasteiger partial charge in [-0.15, -0.1) is 0 Å². The average Bonchev–Trinajstić information content (AvgIpc) is 3.32. The van der Waals surface area contributed by atoms with Crippen molar-refractivity contribution >= 4 is 11.8 Å². The van der Waals surface area contributed by atoms with Gasteiger partial charge in [0, 0.05) is 38.8 Å². The third kappa shape index (κ3) is 5.35. The first-order valence-electron chi connectivity index (χ1n) is 10.9. The van der Waals surface area contributed by atoms with Crippen LogP contribution in [0.2, 0.25) is 0 Å². The van der Waals surface area contributed by atoms with Crippen molar-refractivity contribution in [3.05, 3.63) is 78.1 Å². The molecule has 7 nitrogen and oxygen atoms in total. The lowest BCUT2D eigenvalue weighted by atomic mass is 10.1.